The van der Waals surface area contributed by atoms with Crippen LogP contribution in [0, 0.1) is 11.3 Å². The predicted octanol–water partition coefficient (Wildman–Crippen LogP) is 3.03. The van der Waals surface area contributed by atoms with Gasteiger partial charge in [0.1, 0.15) is 10.8 Å². The molecule has 4 nitrogen and oxygen atoms in total. The summed E-state index contributed by atoms with van der Waals surface area (Å²) in [6.07, 6.45) is 0.368. The molecule has 0 spiro atoms. The van der Waals surface area contributed by atoms with Crippen LogP contribution in [0.3, 0.4) is 0 Å². The number of rotatable bonds is 5. The second kappa shape index (κ2) is 6.32. The third-order valence-corrected chi connectivity index (χ3v) is 3.78. The number of hydrogen-bond acceptors (Lipinski definition) is 5. The smallest absolute Gasteiger partial charge is 0.124 e. The molecule has 2 rings (SSSR count). The maximum absolute atomic E-state index is 8.83. The molecule has 0 saturated heterocycles. The molecule has 0 atom stereocenters. The standard InChI is InChI=1S/C14H14N2O2S/c1-17-9-12-13(7-8-15)19-14(16-12)10-3-5-11(18-2)6-4-10/h3-6H,7,9H2,1-2H3. The molecule has 5 heteroatoms. The summed E-state index contributed by atoms with van der Waals surface area (Å²) in [6, 6.07) is 9.89. The van der Waals surface area contributed by atoms with Crippen molar-refractivity contribution in [3.8, 4) is 22.4 Å². The summed E-state index contributed by atoms with van der Waals surface area (Å²) in [5, 5.41) is 9.73. The Labute approximate surface area is 116 Å². The largest absolute Gasteiger partial charge is 0.497 e. The molecule has 0 aliphatic rings. The van der Waals surface area contributed by atoms with Gasteiger partial charge in [-0.2, -0.15) is 5.26 Å². The lowest BCUT2D eigenvalue weighted by atomic mass is 10.2. The van der Waals surface area contributed by atoms with Crippen molar-refractivity contribution in [1.29, 1.82) is 5.26 Å². The van der Waals surface area contributed by atoms with Crippen LogP contribution in [0.1, 0.15) is 10.6 Å². The number of benzene rings is 1. The van der Waals surface area contributed by atoms with Crippen LogP contribution in [0.15, 0.2) is 24.3 Å². The third kappa shape index (κ3) is 3.11. The first-order valence-corrected chi connectivity index (χ1v) is 6.59. The lowest BCUT2D eigenvalue weighted by Crippen LogP contribution is -1.92. The average molecular weight is 274 g/mol. The molecule has 0 unspecified atom stereocenters. The van der Waals surface area contributed by atoms with Crippen molar-refractivity contribution in [3.05, 3.63) is 34.8 Å². The molecule has 0 radical (unpaired) electrons. The van der Waals surface area contributed by atoms with E-state index in [4.69, 9.17) is 14.7 Å². The van der Waals surface area contributed by atoms with Gasteiger partial charge in [-0.3, -0.25) is 0 Å². The molecule has 98 valence electrons. The van der Waals surface area contributed by atoms with E-state index in [0.29, 0.717) is 13.0 Å². The highest BCUT2D eigenvalue weighted by atomic mass is 32.1. The Balaban J connectivity index is 2.33. The molecule has 0 aliphatic heterocycles. The van der Waals surface area contributed by atoms with E-state index in [1.807, 2.05) is 24.3 Å². The van der Waals surface area contributed by atoms with Gasteiger partial charge >= 0.3 is 0 Å². The monoisotopic (exact) mass is 274 g/mol. The molecule has 0 bridgehead atoms. The SMILES string of the molecule is COCc1nc(-c2ccc(OC)cc2)sc1CC#N. The van der Waals surface area contributed by atoms with Crippen LogP contribution in [0.25, 0.3) is 10.6 Å². The number of hydrogen-bond donors (Lipinski definition) is 0. The van der Waals surface area contributed by atoms with Crippen LogP contribution in [0.4, 0.5) is 0 Å². The second-order valence-electron chi connectivity index (χ2n) is 3.89. The fraction of sp³-hybridized carbons (Fsp3) is 0.286. The first-order chi connectivity index (χ1) is 9.28. The van der Waals surface area contributed by atoms with Gasteiger partial charge in [-0.15, -0.1) is 11.3 Å². The van der Waals surface area contributed by atoms with Crippen LogP contribution in [0.2, 0.25) is 0 Å². The Hall–Kier alpha value is -1.90. The van der Waals surface area contributed by atoms with Gasteiger partial charge in [0.2, 0.25) is 0 Å². The number of ether oxygens (including phenoxy) is 2. The molecule has 0 amide bonds. The zero-order valence-electron chi connectivity index (χ0n) is 10.8. The molecule has 19 heavy (non-hydrogen) atoms. The van der Waals surface area contributed by atoms with Crippen LogP contribution >= 0.6 is 11.3 Å². The summed E-state index contributed by atoms with van der Waals surface area (Å²) in [5.74, 6) is 0.815. The minimum atomic E-state index is 0.368. The Kier molecular flexibility index (Phi) is 4.50. The zero-order chi connectivity index (χ0) is 13.7. The van der Waals surface area contributed by atoms with Gasteiger partial charge in [0.25, 0.3) is 0 Å². The average Bonchev–Trinajstić information content (AvgIpc) is 2.83. The molecule has 0 saturated carbocycles. The Morgan fingerprint density at radius 2 is 2.00 bits per heavy atom. The lowest BCUT2D eigenvalue weighted by molar-refractivity contribution is 0.181. The van der Waals surface area contributed by atoms with E-state index in [-0.39, 0.29) is 0 Å². The van der Waals surface area contributed by atoms with Crippen molar-refractivity contribution in [3.63, 3.8) is 0 Å². The lowest BCUT2D eigenvalue weighted by Gasteiger charge is -2.00. The van der Waals surface area contributed by atoms with Crippen molar-refractivity contribution in [2.24, 2.45) is 0 Å². The van der Waals surface area contributed by atoms with Gasteiger partial charge in [-0.25, -0.2) is 4.98 Å². The van der Waals surface area contributed by atoms with Crippen LogP contribution in [0.5, 0.6) is 5.75 Å². The maximum atomic E-state index is 8.83. The van der Waals surface area contributed by atoms with Crippen LogP contribution in [-0.2, 0) is 17.8 Å². The van der Waals surface area contributed by atoms with E-state index in [9.17, 15) is 0 Å². The van der Waals surface area contributed by atoms with Gasteiger partial charge in [0.05, 0.1) is 31.9 Å². The molecule has 2 aromatic rings. The third-order valence-electron chi connectivity index (χ3n) is 2.64. The molecule has 1 aromatic heterocycles. The molecular weight excluding hydrogens is 260 g/mol. The summed E-state index contributed by atoms with van der Waals surface area (Å²) >= 11 is 1.54. The van der Waals surface area contributed by atoms with Gasteiger partial charge in [-0.1, -0.05) is 0 Å². The first kappa shape index (κ1) is 13.5. The minimum Gasteiger partial charge on any atom is -0.497 e. The van der Waals surface area contributed by atoms with Crippen molar-refractivity contribution in [1.82, 2.24) is 4.98 Å². The predicted molar refractivity (Wildman–Crippen MR) is 74.1 cm³/mol. The number of thiazole rings is 1. The highest BCUT2D eigenvalue weighted by Crippen LogP contribution is 2.30. The van der Waals surface area contributed by atoms with Gasteiger partial charge in [0, 0.05) is 17.6 Å². The summed E-state index contributed by atoms with van der Waals surface area (Å²) in [5.41, 5.74) is 1.87. The van der Waals surface area contributed by atoms with E-state index in [0.717, 1.165) is 26.9 Å². The number of nitriles is 1. The van der Waals surface area contributed by atoms with Crippen LogP contribution in [-0.4, -0.2) is 19.2 Å². The summed E-state index contributed by atoms with van der Waals surface area (Å²) in [4.78, 5) is 5.51. The van der Waals surface area contributed by atoms with E-state index < -0.39 is 0 Å². The van der Waals surface area contributed by atoms with Crippen molar-refractivity contribution < 1.29 is 9.47 Å². The number of aromatic nitrogens is 1. The second-order valence-corrected chi connectivity index (χ2v) is 4.97. The highest BCUT2D eigenvalue weighted by Gasteiger charge is 2.12. The first-order valence-electron chi connectivity index (χ1n) is 5.77. The fourth-order valence-corrected chi connectivity index (χ4v) is 2.70. The van der Waals surface area contributed by atoms with Crippen LogP contribution < -0.4 is 4.74 Å². The highest BCUT2D eigenvalue weighted by molar-refractivity contribution is 7.15. The van der Waals surface area contributed by atoms with E-state index in [2.05, 4.69) is 11.1 Å². The van der Waals surface area contributed by atoms with Gasteiger partial charge in [0.15, 0.2) is 0 Å². The molecule has 0 aliphatic carbocycles. The van der Waals surface area contributed by atoms with Gasteiger partial charge in [-0.05, 0) is 24.3 Å². The Bertz CT molecular complexity index is 584. The van der Waals surface area contributed by atoms with Crippen molar-refractivity contribution in [2.45, 2.75) is 13.0 Å². The zero-order valence-corrected chi connectivity index (χ0v) is 11.7. The topological polar surface area (TPSA) is 55.1 Å². The molecular formula is C14H14N2O2S. The van der Waals surface area contributed by atoms with E-state index in [1.165, 1.54) is 11.3 Å². The van der Waals surface area contributed by atoms with E-state index >= 15 is 0 Å². The normalized spacial score (nSPS) is 10.2. The quantitative estimate of drug-likeness (QED) is 0.841. The summed E-state index contributed by atoms with van der Waals surface area (Å²) in [6.45, 7) is 0.434. The van der Waals surface area contributed by atoms with Crippen molar-refractivity contribution in [2.75, 3.05) is 14.2 Å². The molecule has 0 fully saturated rings. The number of methoxy groups -OCH3 is 2. The maximum Gasteiger partial charge on any atom is 0.124 e. The minimum absolute atomic E-state index is 0.368. The molecule has 1 aromatic carbocycles. The molecule has 0 N–H and O–H groups in total. The number of nitrogens with zero attached hydrogens (tertiary/aromatic N) is 2. The summed E-state index contributed by atoms with van der Waals surface area (Å²) < 4.78 is 10.2. The summed E-state index contributed by atoms with van der Waals surface area (Å²) in [7, 11) is 3.27. The Morgan fingerprint density at radius 1 is 1.26 bits per heavy atom. The molecule has 1 heterocycles. The Morgan fingerprint density at radius 3 is 2.58 bits per heavy atom. The van der Waals surface area contributed by atoms with E-state index in [1.54, 1.807) is 14.2 Å². The van der Waals surface area contributed by atoms with Crippen molar-refractivity contribution >= 4 is 11.3 Å². The fourth-order valence-electron chi connectivity index (χ4n) is 1.70. The van der Waals surface area contributed by atoms with Gasteiger partial charge < -0.3 is 9.47 Å².